The van der Waals surface area contributed by atoms with Gasteiger partial charge in [-0.25, -0.2) is 0 Å². The summed E-state index contributed by atoms with van der Waals surface area (Å²) in [4.78, 5) is 2.23. The molecule has 0 atom stereocenters. The van der Waals surface area contributed by atoms with Gasteiger partial charge < -0.3 is 14.5 Å². The summed E-state index contributed by atoms with van der Waals surface area (Å²) >= 11 is 0. The van der Waals surface area contributed by atoms with E-state index in [1.165, 1.54) is 5.56 Å². The molecule has 0 unspecified atom stereocenters. The van der Waals surface area contributed by atoms with Crippen LogP contribution in [0.5, 0.6) is 0 Å². The second kappa shape index (κ2) is 7.48. The van der Waals surface area contributed by atoms with E-state index in [0.717, 1.165) is 44.3 Å². The Balaban J connectivity index is 2.49. The molecule has 0 aromatic carbocycles. The van der Waals surface area contributed by atoms with Gasteiger partial charge in [-0.1, -0.05) is 6.92 Å². The van der Waals surface area contributed by atoms with Crippen molar-refractivity contribution in [2.45, 2.75) is 26.9 Å². The maximum Gasteiger partial charge on any atom is 0.118 e. The van der Waals surface area contributed by atoms with Crippen LogP contribution in [0, 0.1) is 6.92 Å². The van der Waals surface area contributed by atoms with Gasteiger partial charge in [0.05, 0.1) is 13.2 Å². The van der Waals surface area contributed by atoms with E-state index >= 15 is 0 Å². The molecule has 0 aliphatic heterocycles. The number of methoxy groups -OCH3 is 1. The van der Waals surface area contributed by atoms with Gasteiger partial charge in [0.1, 0.15) is 11.5 Å². The number of rotatable bonds is 8. The lowest BCUT2D eigenvalue weighted by Crippen LogP contribution is -2.22. The van der Waals surface area contributed by atoms with Crippen molar-refractivity contribution in [3.8, 4) is 0 Å². The van der Waals surface area contributed by atoms with Crippen LogP contribution in [0.15, 0.2) is 10.5 Å². The molecule has 0 saturated heterocycles. The fraction of sp³-hybridized carbons (Fsp3) is 0.692. The Kier molecular flexibility index (Phi) is 6.26. The van der Waals surface area contributed by atoms with E-state index in [1.807, 2.05) is 6.92 Å². The average Bonchev–Trinajstić information content (AvgIpc) is 2.65. The predicted molar refractivity (Wildman–Crippen MR) is 69.0 cm³/mol. The zero-order valence-electron chi connectivity index (χ0n) is 11.4. The predicted octanol–water partition coefficient (Wildman–Crippen LogP) is 1.78. The Morgan fingerprint density at radius 1 is 1.47 bits per heavy atom. The fourth-order valence-electron chi connectivity index (χ4n) is 1.70. The van der Waals surface area contributed by atoms with E-state index in [0.29, 0.717) is 0 Å². The van der Waals surface area contributed by atoms with Gasteiger partial charge in [-0.2, -0.15) is 0 Å². The highest BCUT2D eigenvalue weighted by atomic mass is 16.5. The van der Waals surface area contributed by atoms with E-state index in [9.17, 15) is 0 Å². The molecule has 4 nitrogen and oxygen atoms in total. The maximum absolute atomic E-state index is 5.70. The Hall–Kier alpha value is -0.840. The molecule has 0 saturated carbocycles. The first kappa shape index (κ1) is 14.2. The van der Waals surface area contributed by atoms with Crippen molar-refractivity contribution in [1.29, 1.82) is 0 Å². The van der Waals surface area contributed by atoms with Gasteiger partial charge in [0.2, 0.25) is 0 Å². The van der Waals surface area contributed by atoms with E-state index in [-0.39, 0.29) is 0 Å². The van der Waals surface area contributed by atoms with Crippen molar-refractivity contribution in [2.24, 2.45) is 0 Å². The van der Waals surface area contributed by atoms with Crippen LogP contribution in [0.4, 0.5) is 0 Å². The number of aryl methyl sites for hydroxylation is 1. The van der Waals surface area contributed by atoms with Gasteiger partial charge in [-0.3, -0.25) is 4.90 Å². The van der Waals surface area contributed by atoms with Crippen LogP contribution in [-0.4, -0.2) is 38.8 Å². The van der Waals surface area contributed by atoms with Gasteiger partial charge in [0, 0.05) is 25.8 Å². The molecule has 1 rings (SSSR count). The largest absolute Gasteiger partial charge is 0.465 e. The number of furan rings is 1. The van der Waals surface area contributed by atoms with Crippen LogP contribution >= 0.6 is 0 Å². The van der Waals surface area contributed by atoms with E-state index in [4.69, 9.17) is 9.15 Å². The molecule has 1 aromatic rings. The highest BCUT2D eigenvalue weighted by Crippen LogP contribution is 2.16. The summed E-state index contributed by atoms with van der Waals surface area (Å²) in [5, 5.41) is 3.27. The standard InChI is InChI=1S/C13H24N2O2/c1-5-14-9-13-8-12(11(2)17-13)10-15(3)6-7-16-4/h8,14H,5-7,9-10H2,1-4H3. The molecule has 1 N–H and O–H groups in total. The summed E-state index contributed by atoms with van der Waals surface area (Å²) in [6, 6.07) is 2.14. The molecular formula is C13H24N2O2. The molecule has 0 spiro atoms. The number of hydrogen-bond donors (Lipinski definition) is 1. The minimum absolute atomic E-state index is 0.762. The highest BCUT2D eigenvalue weighted by molar-refractivity contribution is 5.20. The smallest absolute Gasteiger partial charge is 0.118 e. The van der Waals surface area contributed by atoms with Crippen LogP contribution in [0.2, 0.25) is 0 Å². The summed E-state index contributed by atoms with van der Waals surface area (Å²) in [6.45, 7) is 8.48. The Bertz CT molecular complexity index is 323. The molecule has 0 radical (unpaired) electrons. The third kappa shape index (κ3) is 4.89. The first-order valence-electron chi connectivity index (χ1n) is 6.13. The summed E-state index contributed by atoms with van der Waals surface area (Å²) in [6.07, 6.45) is 0. The molecule has 17 heavy (non-hydrogen) atoms. The van der Waals surface area contributed by atoms with Crippen molar-refractivity contribution in [3.05, 3.63) is 23.2 Å². The quantitative estimate of drug-likeness (QED) is 0.751. The van der Waals surface area contributed by atoms with Crippen molar-refractivity contribution < 1.29 is 9.15 Å². The zero-order chi connectivity index (χ0) is 12.7. The van der Waals surface area contributed by atoms with Crippen molar-refractivity contribution in [3.63, 3.8) is 0 Å². The molecule has 1 heterocycles. The topological polar surface area (TPSA) is 37.6 Å². The fourth-order valence-corrected chi connectivity index (χ4v) is 1.70. The third-order valence-corrected chi connectivity index (χ3v) is 2.74. The van der Waals surface area contributed by atoms with Gasteiger partial charge >= 0.3 is 0 Å². The molecule has 4 heteroatoms. The van der Waals surface area contributed by atoms with Gasteiger partial charge in [0.15, 0.2) is 0 Å². The number of likely N-dealkylation sites (N-methyl/N-ethyl adjacent to an activating group) is 1. The monoisotopic (exact) mass is 240 g/mol. The SMILES string of the molecule is CCNCc1cc(CN(C)CCOC)c(C)o1. The summed E-state index contributed by atoms with van der Waals surface area (Å²) in [5.74, 6) is 2.03. The highest BCUT2D eigenvalue weighted by Gasteiger charge is 2.09. The van der Waals surface area contributed by atoms with Crippen molar-refractivity contribution in [2.75, 3.05) is 33.9 Å². The lowest BCUT2D eigenvalue weighted by atomic mass is 10.2. The van der Waals surface area contributed by atoms with Gasteiger partial charge in [-0.15, -0.1) is 0 Å². The maximum atomic E-state index is 5.70. The molecule has 0 aliphatic rings. The van der Waals surface area contributed by atoms with Crippen LogP contribution in [0.25, 0.3) is 0 Å². The zero-order valence-corrected chi connectivity index (χ0v) is 11.4. The number of nitrogens with zero attached hydrogens (tertiary/aromatic N) is 1. The van der Waals surface area contributed by atoms with E-state index in [1.54, 1.807) is 7.11 Å². The van der Waals surface area contributed by atoms with Crippen LogP contribution in [0.1, 0.15) is 24.0 Å². The van der Waals surface area contributed by atoms with E-state index < -0.39 is 0 Å². The van der Waals surface area contributed by atoms with Gasteiger partial charge in [0.25, 0.3) is 0 Å². The van der Waals surface area contributed by atoms with E-state index in [2.05, 4.69) is 30.3 Å². The molecule has 98 valence electrons. The minimum Gasteiger partial charge on any atom is -0.465 e. The van der Waals surface area contributed by atoms with Crippen molar-refractivity contribution >= 4 is 0 Å². The summed E-state index contributed by atoms with van der Waals surface area (Å²) in [7, 11) is 3.82. The lowest BCUT2D eigenvalue weighted by molar-refractivity contribution is 0.158. The van der Waals surface area contributed by atoms with Crippen molar-refractivity contribution in [1.82, 2.24) is 10.2 Å². The Labute approximate surface area is 104 Å². The average molecular weight is 240 g/mol. The molecule has 0 bridgehead atoms. The molecule has 0 aliphatic carbocycles. The number of ether oxygens (including phenoxy) is 1. The third-order valence-electron chi connectivity index (χ3n) is 2.74. The van der Waals surface area contributed by atoms with Crippen LogP contribution < -0.4 is 5.32 Å². The molecule has 0 amide bonds. The summed E-state index contributed by atoms with van der Waals surface area (Å²) < 4.78 is 10.8. The summed E-state index contributed by atoms with van der Waals surface area (Å²) in [5.41, 5.74) is 1.26. The first-order valence-corrected chi connectivity index (χ1v) is 6.13. The number of hydrogen-bond acceptors (Lipinski definition) is 4. The molecular weight excluding hydrogens is 216 g/mol. The number of nitrogens with one attached hydrogen (secondary N) is 1. The second-order valence-corrected chi connectivity index (χ2v) is 4.31. The second-order valence-electron chi connectivity index (χ2n) is 4.31. The van der Waals surface area contributed by atoms with Crippen LogP contribution in [0.3, 0.4) is 0 Å². The molecule has 1 aromatic heterocycles. The first-order chi connectivity index (χ1) is 8.17. The molecule has 0 fully saturated rings. The minimum atomic E-state index is 0.762. The Morgan fingerprint density at radius 2 is 2.24 bits per heavy atom. The lowest BCUT2D eigenvalue weighted by Gasteiger charge is -2.14. The Morgan fingerprint density at radius 3 is 2.88 bits per heavy atom. The van der Waals surface area contributed by atoms with Gasteiger partial charge in [-0.05, 0) is 26.6 Å². The van der Waals surface area contributed by atoms with Crippen LogP contribution in [-0.2, 0) is 17.8 Å². The normalized spacial score (nSPS) is 11.4.